The highest BCUT2D eigenvalue weighted by Crippen LogP contribution is 2.31. The van der Waals surface area contributed by atoms with Crippen molar-refractivity contribution in [3.63, 3.8) is 0 Å². The third kappa shape index (κ3) is 4.12. The Balaban J connectivity index is 0.00000196. The third-order valence-corrected chi connectivity index (χ3v) is 3.92. The molecule has 0 amide bonds. The van der Waals surface area contributed by atoms with Crippen LogP contribution in [0.5, 0.6) is 0 Å². The Morgan fingerprint density at radius 3 is 2.27 bits per heavy atom. The van der Waals surface area contributed by atoms with Gasteiger partial charge < -0.3 is 10.4 Å². The summed E-state index contributed by atoms with van der Waals surface area (Å²) in [4.78, 5) is 2.57. The van der Waals surface area contributed by atoms with E-state index in [2.05, 4.69) is 32.7 Å². The van der Waals surface area contributed by atoms with Gasteiger partial charge in [-0.05, 0) is 45.1 Å². The number of piperidine rings is 1. The molecule has 1 fully saturated rings. The minimum atomic E-state index is 0. The largest absolute Gasteiger partial charge is 0.412 e. The van der Waals surface area contributed by atoms with Gasteiger partial charge in [-0.1, -0.05) is 26.7 Å². The molecule has 0 spiro atoms. The molecule has 2 heteroatoms. The summed E-state index contributed by atoms with van der Waals surface area (Å²) in [5.74, 6) is 1.92. The summed E-state index contributed by atoms with van der Waals surface area (Å²) in [5, 5.41) is 0. The van der Waals surface area contributed by atoms with E-state index >= 15 is 0 Å². The van der Waals surface area contributed by atoms with Crippen molar-refractivity contribution < 1.29 is 5.48 Å². The molecular weight excluding hydrogens is 186 g/mol. The van der Waals surface area contributed by atoms with Crippen molar-refractivity contribution in [2.45, 2.75) is 58.9 Å². The second kappa shape index (κ2) is 7.24. The maximum Gasteiger partial charge on any atom is 0.00923 e. The van der Waals surface area contributed by atoms with Gasteiger partial charge in [-0.15, -0.1) is 0 Å². The quantitative estimate of drug-likeness (QED) is 0.710. The van der Waals surface area contributed by atoms with Gasteiger partial charge in [-0.3, -0.25) is 0 Å². The minimum Gasteiger partial charge on any atom is -0.412 e. The van der Waals surface area contributed by atoms with Gasteiger partial charge in [0, 0.05) is 12.6 Å². The Morgan fingerprint density at radius 2 is 1.73 bits per heavy atom. The van der Waals surface area contributed by atoms with Crippen LogP contribution >= 0.6 is 0 Å². The molecule has 3 atom stereocenters. The summed E-state index contributed by atoms with van der Waals surface area (Å²) < 4.78 is 0. The Labute approximate surface area is 95.4 Å². The normalized spacial score (nSPS) is 32.4. The monoisotopic (exact) mass is 215 g/mol. The van der Waals surface area contributed by atoms with Crippen LogP contribution in [0.1, 0.15) is 52.9 Å². The molecule has 92 valence electrons. The second-order valence-electron chi connectivity index (χ2n) is 5.12. The molecule has 1 saturated heterocycles. The molecular formula is C13H29NO. The Kier molecular flexibility index (Phi) is 7.20. The molecule has 1 aliphatic rings. The molecule has 0 aliphatic carbocycles. The van der Waals surface area contributed by atoms with E-state index in [1.807, 2.05) is 0 Å². The lowest BCUT2D eigenvalue weighted by Gasteiger charge is -2.41. The van der Waals surface area contributed by atoms with Crippen molar-refractivity contribution in [2.75, 3.05) is 13.6 Å². The zero-order chi connectivity index (χ0) is 10.6. The fourth-order valence-electron chi connectivity index (χ4n) is 2.98. The van der Waals surface area contributed by atoms with Crippen molar-refractivity contribution in [3.05, 3.63) is 0 Å². The van der Waals surface area contributed by atoms with Crippen LogP contribution in [-0.2, 0) is 0 Å². The first-order chi connectivity index (χ1) is 6.69. The van der Waals surface area contributed by atoms with Crippen molar-refractivity contribution >= 4 is 0 Å². The standard InChI is InChI=1S/C13H27N.H2O/c1-5-7-12-9-13(8-6-2)11(3)14(4)10-12;/h11-13H,5-10H2,1-4H3;1H2. The summed E-state index contributed by atoms with van der Waals surface area (Å²) in [6.45, 7) is 8.36. The predicted octanol–water partition coefficient (Wildman–Crippen LogP) is 2.72. The van der Waals surface area contributed by atoms with Gasteiger partial charge in [0.2, 0.25) is 0 Å². The minimum absolute atomic E-state index is 0. The van der Waals surface area contributed by atoms with Crippen LogP contribution in [0.25, 0.3) is 0 Å². The summed E-state index contributed by atoms with van der Waals surface area (Å²) >= 11 is 0. The Bertz CT molecular complexity index is 161. The highest BCUT2D eigenvalue weighted by Gasteiger charge is 2.29. The van der Waals surface area contributed by atoms with Gasteiger partial charge in [0.05, 0.1) is 0 Å². The van der Waals surface area contributed by atoms with E-state index in [1.165, 1.54) is 38.6 Å². The fourth-order valence-corrected chi connectivity index (χ4v) is 2.98. The average molecular weight is 215 g/mol. The van der Waals surface area contributed by atoms with Gasteiger partial charge in [0.25, 0.3) is 0 Å². The Morgan fingerprint density at radius 1 is 1.13 bits per heavy atom. The van der Waals surface area contributed by atoms with Crippen LogP contribution in [0.4, 0.5) is 0 Å². The summed E-state index contributed by atoms with van der Waals surface area (Å²) in [6, 6.07) is 0.808. The van der Waals surface area contributed by atoms with E-state index in [0.29, 0.717) is 0 Å². The SMILES string of the molecule is CCCC1CC(CCC)C(C)N(C)C1.O. The molecule has 1 aliphatic heterocycles. The third-order valence-electron chi connectivity index (χ3n) is 3.92. The second-order valence-corrected chi connectivity index (χ2v) is 5.12. The first-order valence-electron chi connectivity index (χ1n) is 6.39. The number of likely N-dealkylation sites (tertiary alicyclic amines) is 1. The van der Waals surface area contributed by atoms with Gasteiger partial charge in [-0.25, -0.2) is 0 Å². The van der Waals surface area contributed by atoms with Crippen molar-refractivity contribution in [1.29, 1.82) is 0 Å². The molecule has 15 heavy (non-hydrogen) atoms. The van der Waals surface area contributed by atoms with Crippen LogP contribution in [0.15, 0.2) is 0 Å². The maximum atomic E-state index is 2.57. The van der Waals surface area contributed by atoms with E-state index in [9.17, 15) is 0 Å². The number of hydrogen-bond donors (Lipinski definition) is 0. The lowest BCUT2D eigenvalue weighted by atomic mass is 9.80. The summed E-state index contributed by atoms with van der Waals surface area (Å²) in [6.07, 6.45) is 7.03. The van der Waals surface area contributed by atoms with Crippen molar-refractivity contribution in [2.24, 2.45) is 11.8 Å². The summed E-state index contributed by atoms with van der Waals surface area (Å²) in [5.41, 5.74) is 0. The molecule has 0 bridgehead atoms. The molecule has 0 aromatic carbocycles. The average Bonchev–Trinajstić information content (AvgIpc) is 2.14. The summed E-state index contributed by atoms with van der Waals surface area (Å²) in [7, 11) is 2.30. The van der Waals surface area contributed by atoms with Gasteiger partial charge in [-0.2, -0.15) is 0 Å². The van der Waals surface area contributed by atoms with E-state index in [-0.39, 0.29) is 5.48 Å². The van der Waals surface area contributed by atoms with Crippen molar-refractivity contribution in [1.82, 2.24) is 4.90 Å². The highest BCUT2D eigenvalue weighted by molar-refractivity contribution is 4.83. The highest BCUT2D eigenvalue weighted by atomic mass is 16.0. The van der Waals surface area contributed by atoms with E-state index in [4.69, 9.17) is 0 Å². The number of rotatable bonds is 4. The van der Waals surface area contributed by atoms with Gasteiger partial charge in [0.15, 0.2) is 0 Å². The zero-order valence-corrected chi connectivity index (χ0v) is 10.9. The molecule has 1 heterocycles. The van der Waals surface area contributed by atoms with Crippen LogP contribution < -0.4 is 0 Å². The smallest absolute Gasteiger partial charge is 0.00923 e. The van der Waals surface area contributed by atoms with Crippen LogP contribution in [0, 0.1) is 11.8 Å². The first kappa shape index (κ1) is 14.9. The number of nitrogens with zero attached hydrogens (tertiary/aromatic N) is 1. The lowest BCUT2D eigenvalue weighted by molar-refractivity contribution is 0.0800. The molecule has 2 N–H and O–H groups in total. The molecule has 1 rings (SSSR count). The molecule has 0 radical (unpaired) electrons. The molecule has 0 aromatic heterocycles. The predicted molar refractivity (Wildman–Crippen MR) is 67.1 cm³/mol. The van der Waals surface area contributed by atoms with Crippen LogP contribution in [0.2, 0.25) is 0 Å². The van der Waals surface area contributed by atoms with Gasteiger partial charge >= 0.3 is 0 Å². The topological polar surface area (TPSA) is 34.7 Å². The van der Waals surface area contributed by atoms with E-state index in [1.54, 1.807) is 0 Å². The van der Waals surface area contributed by atoms with Crippen LogP contribution in [0.3, 0.4) is 0 Å². The lowest BCUT2D eigenvalue weighted by Crippen LogP contribution is -2.44. The molecule has 2 nitrogen and oxygen atoms in total. The molecule has 0 aromatic rings. The Hall–Kier alpha value is -0.0800. The fraction of sp³-hybridized carbons (Fsp3) is 1.00. The molecule has 0 saturated carbocycles. The van der Waals surface area contributed by atoms with E-state index in [0.717, 1.165) is 17.9 Å². The molecule has 3 unspecified atom stereocenters. The first-order valence-corrected chi connectivity index (χ1v) is 6.39. The van der Waals surface area contributed by atoms with Crippen molar-refractivity contribution in [3.8, 4) is 0 Å². The zero-order valence-electron chi connectivity index (χ0n) is 10.9. The van der Waals surface area contributed by atoms with E-state index < -0.39 is 0 Å². The maximum absolute atomic E-state index is 2.57. The van der Waals surface area contributed by atoms with Crippen LogP contribution in [-0.4, -0.2) is 30.0 Å². The number of hydrogen-bond acceptors (Lipinski definition) is 1. The van der Waals surface area contributed by atoms with Gasteiger partial charge in [0.1, 0.15) is 0 Å².